The van der Waals surface area contributed by atoms with Crippen molar-refractivity contribution in [3.8, 4) is 11.8 Å². The van der Waals surface area contributed by atoms with Gasteiger partial charge in [-0.05, 0) is 6.07 Å². The van der Waals surface area contributed by atoms with Crippen molar-refractivity contribution in [1.29, 1.82) is 5.26 Å². The van der Waals surface area contributed by atoms with Gasteiger partial charge >= 0.3 is 0 Å². The Morgan fingerprint density at radius 1 is 1.64 bits per heavy atom. The third-order valence-corrected chi connectivity index (χ3v) is 1.50. The molecule has 1 heterocycles. The molecule has 0 saturated carbocycles. The molecule has 0 fully saturated rings. The standard InChI is InChI=1S/C8H4F2N2O2/c9-8(10)5-1-4(3-13)7(14)6(2-11)12-5/h1,3,8,14H. The van der Waals surface area contributed by atoms with E-state index in [4.69, 9.17) is 10.4 Å². The Bertz CT molecular complexity index is 413. The van der Waals surface area contributed by atoms with Crippen molar-refractivity contribution in [3.63, 3.8) is 0 Å². The van der Waals surface area contributed by atoms with E-state index in [1.165, 1.54) is 6.07 Å². The quantitative estimate of drug-likeness (QED) is 0.729. The molecule has 0 radical (unpaired) electrons. The molecule has 72 valence electrons. The van der Waals surface area contributed by atoms with Gasteiger partial charge in [0.1, 0.15) is 11.8 Å². The molecule has 0 aliphatic carbocycles. The zero-order chi connectivity index (χ0) is 10.7. The monoisotopic (exact) mass is 198 g/mol. The summed E-state index contributed by atoms with van der Waals surface area (Å²) in [6.07, 6.45) is -2.70. The smallest absolute Gasteiger partial charge is 0.280 e. The Kier molecular flexibility index (Phi) is 2.72. The van der Waals surface area contributed by atoms with Crippen LogP contribution in [0.5, 0.6) is 5.75 Å². The fourth-order valence-electron chi connectivity index (χ4n) is 0.858. The number of aromatic hydroxyl groups is 1. The first-order chi connectivity index (χ1) is 6.60. The minimum absolute atomic E-state index is 0.184. The maximum Gasteiger partial charge on any atom is 0.280 e. The SMILES string of the molecule is N#Cc1nc(C(F)F)cc(C=O)c1O. The van der Waals surface area contributed by atoms with Crippen LogP contribution in [0.25, 0.3) is 0 Å². The van der Waals surface area contributed by atoms with Crippen molar-refractivity contribution in [1.82, 2.24) is 4.98 Å². The van der Waals surface area contributed by atoms with E-state index in [2.05, 4.69) is 4.98 Å². The van der Waals surface area contributed by atoms with Gasteiger partial charge in [-0.2, -0.15) is 5.26 Å². The molecular weight excluding hydrogens is 194 g/mol. The highest BCUT2D eigenvalue weighted by atomic mass is 19.3. The van der Waals surface area contributed by atoms with Gasteiger partial charge in [-0.1, -0.05) is 0 Å². The summed E-state index contributed by atoms with van der Waals surface area (Å²) < 4.78 is 24.3. The van der Waals surface area contributed by atoms with Crippen LogP contribution in [-0.2, 0) is 0 Å². The predicted molar refractivity (Wildman–Crippen MR) is 41.0 cm³/mol. The first-order valence-corrected chi connectivity index (χ1v) is 3.47. The maximum absolute atomic E-state index is 12.2. The molecule has 1 rings (SSSR count). The van der Waals surface area contributed by atoms with Crippen LogP contribution < -0.4 is 0 Å². The van der Waals surface area contributed by atoms with Crippen molar-refractivity contribution >= 4 is 6.29 Å². The average molecular weight is 198 g/mol. The van der Waals surface area contributed by atoms with Crippen molar-refractivity contribution in [3.05, 3.63) is 23.0 Å². The number of carbonyl (C=O) groups excluding carboxylic acids is 1. The first kappa shape index (κ1) is 10.1. The van der Waals surface area contributed by atoms with Gasteiger partial charge in [-0.3, -0.25) is 4.79 Å². The number of alkyl halides is 2. The lowest BCUT2D eigenvalue weighted by Gasteiger charge is -2.03. The van der Waals surface area contributed by atoms with Crippen molar-refractivity contribution in [2.45, 2.75) is 6.43 Å². The highest BCUT2D eigenvalue weighted by Gasteiger charge is 2.16. The summed E-state index contributed by atoms with van der Waals surface area (Å²) in [5, 5.41) is 17.5. The van der Waals surface area contributed by atoms with E-state index < -0.39 is 23.6 Å². The number of pyridine rings is 1. The molecular formula is C8H4F2N2O2. The molecule has 0 atom stereocenters. The molecule has 1 N–H and O–H groups in total. The molecule has 0 spiro atoms. The largest absolute Gasteiger partial charge is 0.504 e. The summed E-state index contributed by atoms with van der Waals surface area (Å²) in [6.45, 7) is 0. The van der Waals surface area contributed by atoms with Gasteiger partial charge in [0, 0.05) is 0 Å². The fourth-order valence-corrected chi connectivity index (χ4v) is 0.858. The van der Waals surface area contributed by atoms with Crippen LogP contribution in [0, 0.1) is 11.3 Å². The highest BCUT2D eigenvalue weighted by molar-refractivity contribution is 5.80. The number of rotatable bonds is 2. The van der Waals surface area contributed by atoms with Crippen LogP contribution in [0.3, 0.4) is 0 Å². The highest BCUT2D eigenvalue weighted by Crippen LogP contribution is 2.24. The van der Waals surface area contributed by atoms with Crippen LogP contribution in [-0.4, -0.2) is 16.4 Å². The second kappa shape index (κ2) is 3.79. The van der Waals surface area contributed by atoms with Gasteiger partial charge in [0.25, 0.3) is 6.43 Å². The maximum atomic E-state index is 12.2. The lowest BCUT2D eigenvalue weighted by Crippen LogP contribution is -1.97. The summed E-state index contributed by atoms with van der Waals surface area (Å²) in [6, 6.07) is 2.16. The van der Waals surface area contributed by atoms with E-state index in [0.717, 1.165) is 6.07 Å². The molecule has 1 aromatic heterocycles. The molecule has 4 nitrogen and oxygen atoms in total. The zero-order valence-corrected chi connectivity index (χ0v) is 6.74. The van der Waals surface area contributed by atoms with E-state index in [-0.39, 0.29) is 11.8 Å². The lowest BCUT2D eigenvalue weighted by molar-refractivity contribution is 0.111. The van der Waals surface area contributed by atoms with Gasteiger partial charge in [0.05, 0.1) is 5.56 Å². The predicted octanol–water partition coefficient (Wildman–Crippen LogP) is 1.41. The topological polar surface area (TPSA) is 74.0 Å². The van der Waals surface area contributed by atoms with Gasteiger partial charge in [-0.25, -0.2) is 13.8 Å². The Morgan fingerprint density at radius 2 is 2.29 bits per heavy atom. The number of hydrogen-bond acceptors (Lipinski definition) is 4. The van der Waals surface area contributed by atoms with Crippen molar-refractivity contribution in [2.24, 2.45) is 0 Å². The van der Waals surface area contributed by atoms with Crippen LogP contribution in [0.15, 0.2) is 6.07 Å². The second-order valence-corrected chi connectivity index (χ2v) is 2.36. The summed E-state index contributed by atoms with van der Waals surface area (Å²) in [5.41, 5.74) is -1.65. The van der Waals surface area contributed by atoms with E-state index in [0.29, 0.717) is 0 Å². The summed E-state index contributed by atoms with van der Waals surface area (Å²) in [7, 11) is 0. The first-order valence-electron chi connectivity index (χ1n) is 3.47. The van der Waals surface area contributed by atoms with E-state index in [9.17, 15) is 13.6 Å². The van der Waals surface area contributed by atoms with Crippen LogP contribution in [0.1, 0.15) is 28.2 Å². The lowest BCUT2D eigenvalue weighted by atomic mass is 10.2. The second-order valence-electron chi connectivity index (χ2n) is 2.36. The average Bonchev–Trinajstić information content (AvgIpc) is 2.17. The van der Waals surface area contributed by atoms with E-state index >= 15 is 0 Å². The van der Waals surface area contributed by atoms with E-state index in [1.54, 1.807) is 0 Å². The number of aromatic nitrogens is 1. The molecule has 0 aliphatic rings. The number of halogens is 2. The van der Waals surface area contributed by atoms with Gasteiger partial charge in [0.2, 0.25) is 0 Å². The third kappa shape index (κ3) is 1.66. The Hall–Kier alpha value is -2.03. The fraction of sp³-hybridized carbons (Fsp3) is 0.125. The summed E-state index contributed by atoms with van der Waals surface area (Å²) in [4.78, 5) is 13.5. The van der Waals surface area contributed by atoms with Crippen molar-refractivity contribution in [2.75, 3.05) is 0 Å². The van der Waals surface area contributed by atoms with Crippen LogP contribution in [0.4, 0.5) is 8.78 Å². The number of nitrogens with zero attached hydrogens (tertiary/aromatic N) is 2. The molecule has 1 aromatic rings. The normalized spacial score (nSPS) is 9.86. The molecule has 14 heavy (non-hydrogen) atoms. The number of hydrogen-bond donors (Lipinski definition) is 1. The third-order valence-electron chi connectivity index (χ3n) is 1.50. The van der Waals surface area contributed by atoms with Crippen molar-refractivity contribution < 1.29 is 18.7 Å². The molecule has 0 unspecified atom stereocenters. The van der Waals surface area contributed by atoms with Crippen LogP contribution >= 0.6 is 0 Å². The minimum atomic E-state index is -2.89. The molecule has 0 aliphatic heterocycles. The number of carbonyl (C=O) groups is 1. The molecule has 0 aromatic carbocycles. The zero-order valence-electron chi connectivity index (χ0n) is 6.74. The molecule has 0 saturated heterocycles. The number of nitriles is 1. The summed E-state index contributed by atoms with van der Waals surface area (Å²) >= 11 is 0. The number of aldehydes is 1. The Labute approximate surface area is 77.4 Å². The molecule has 0 amide bonds. The van der Waals surface area contributed by atoms with E-state index in [1.807, 2.05) is 0 Å². The molecule has 6 heteroatoms. The van der Waals surface area contributed by atoms with Gasteiger partial charge < -0.3 is 5.11 Å². The molecule has 0 bridgehead atoms. The van der Waals surface area contributed by atoms with Gasteiger partial charge in [-0.15, -0.1) is 0 Å². The van der Waals surface area contributed by atoms with Gasteiger partial charge in [0.15, 0.2) is 17.7 Å². The Morgan fingerprint density at radius 3 is 2.71 bits per heavy atom. The summed E-state index contributed by atoms with van der Waals surface area (Å²) in [5.74, 6) is -0.674. The minimum Gasteiger partial charge on any atom is -0.504 e. The van der Waals surface area contributed by atoms with Crippen LogP contribution in [0.2, 0.25) is 0 Å². The Balaban J connectivity index is 3.41.